The molecule has 1 aromatic carbocycles. The van der Waals surface area contributed by atoms with Gasteiger partial charge in [-0.3, -0.25) is 0 Å². The molecule has 82 valence electrons. The fraction of sp³-hybridized carbons (Fsp3) is 0.500. The van der Waals surface area contributed by atoms with Gasteiger partial charge in [0.1, 0.15) is 5.75 Å². The van der Waals surface area contributed by atoms with Crippen molar-refractivity contribution in [1.29, 1.82) is 0 Å². The highest BCUT2D eigenvalue weighted by Gasteiger charge is 2.18. The van der Waals surface area contributed by atoms with E-state index in [1.54, 1.807) is 0 Å². The zero-order valence-electron chi connectivity index (χ0n) is 9.25. The minimum absolute atomic E-state index is 0.474. The molecule has 0 amide bonds. The van der Waals surface area contributed by atoms with Gasteiger partial charge in [-0.15, -0.1) is 0 Å². The third-order valence-electron chi connectivity index (χ3n) is 2.51. The molecule has 1 fully saturated rings. The van der Waals surface area contributed by atoms with Crippen molar-refractivity contribution in [2.24, 2.45) is 0 Å². The Morgan fingerprint density at radius 3 is 2.80 bits per heavy atom. The molecule has 1 N–H and O–H groups in total. The number of benzene rings is 1. The summed E-state index contributed by atoms with van der Waals surface area (Å²) >= 11 is 0. The Kier molecular flexibility index (Phi) is 3.11. The van der Waals surface area contributed by atoms with Crippen LogP contribution in [0.25, 0.3) is 0 Å². The average molecular weight is 207 g/mol. The SMILES string of the molecule is CCOc1ccc(NC2COC2)c(C)c1. The first-order valence-electron chi connectivity index (χ1n) is 5.37. The lowest BCUT2D eigenvalue weighted by atomic mass is 10.1. The number of ether oxygens (including phenoxy) is 2. The monoisotopic (exact) mass is 207 g/mol. The lowest BCUT2D eigenvalue weighted by Crippen LogP contribution is -2.40. The van der Waals surface area contributed by atoms with Gasteiger partial charge in [-0.1, -0.05) is 0 Å². The molecule has 1 aromatic rings. The highest BCUT2D eigenvalue weighted by atomic mass is 16.5. The molecule has 0 spiro atoms. The largest absolute Gasteiger partial charge is 0.494 e. The summed E-state index contributed by atoms with van der Waals surface area (Å²) in [6, 6.07) is 6.60. The van der Waals surface area contributed by atoms with Crippen molar-refractivity contribution in [3.63, 3.8) is 0 Å². The number of hydrogen-bond acceptors (Lipinski definition) is 3. The predicted octanol–water partition coefficient (Wildman–Crippen LogP) is 2.20. The Morgan fingerprint density at radius 2 is 2.27 bits per heavy atom. The Labute approximate surface area is 90.4 Å². The third-order valence-corrected chi connectivity index (χ3v) is 2.51. The van der Waals surface area contributed by atoms with Gasteiger partial charge in [-0.25, -0.2) is 0 Å². The van der Waals surface area contributed by atoms with Crippen LogP contribution in [-0.2, 0) is 4.74 Å². The van der Waals surface area contributed by atoms with Crippen LogP contribution >= 0.6 is 0 Å². The van der Waals surface area contributed by atoms with E-state index in [2.05, 4.69) is 24.4 Å². The number of anilines is 1. The molecule has 2 rings (SSSR count). The lowest BCUT2D eigenvalue weighted by Gasteiger charge is -2.28. The van der Waals surface area contributed by atoms with Crippen molar-refractivity contribution >= 4 is 5.69 Å². The second-order valence-electron chi connectivity index (χ2n) is 3.79. The Balaban J connectivity index is 2.04. The molecule has 1 aliphatic heterocycles. The smallest absolute Gasteiger partial charge is 0.119 e. The predicted molar refractivity (Wildman–Crippen MR) is 60.6 cm³/mol. The van der Waals surface area contributed by atoms with Gasteiger partial charge in [0.15, 0.2) is 0 Å². The number of nitrogens with one attached hydrogen (secondary N) is 1. The summed E-state index contributed by atoms with van der Waals surface area (Å²) < 4.78 is 10.6. The molecule has 0 unspecified atom stereocenters. The fourth-order valence-electron chi connectivity index (χ4n) is 1.59. The Morgan fingerprint density at radius 1 is 1.47 bits per heavy atom. The van der Waals surface area contributed by atoms with Crippen LogP contribution in [0.4, 0.5) is 5.69 Å². The molecule has 3 heteroatoms. The van der Waals surface area contributed by atoms with Crippen LogP contribution in [-0.4, -0.2) is 25.9 Å². The van der Waals surface area contributed by atoms with E-state index < -0.39 is 0 Å². The summed E-state index contributed by atoms with van der Waals surface area (Å²) in [5.74, 6) is 0.936. The molecule has 1 saturated heterocycles. The maximum absolute atomic E-state index is 5.43. The Hall–Kier alpha value is -1.22. The van der Waals surface area contributed by atoms with E-state index in [1.165, 1.54) is 11.3 Å². The average Bonchev–Trinajstić information content (AvgIpc) is 2.14. The van der Waals surface area contributed by atoms with E-state index in [9.17, 15) is 0 Å². The van der Waals surface area contributed by atoms with Crippen LogP contribution in [0.1, 0.15) is 12.5 Å². The summed E-state index contributed by atoms with van der Waals surface area (Å²) in [4.78, 5) is 0. The van der Waals surface area contributed by atoms with Crippen LogP contribution in [0.2, 0.25) is 0 Å². The fourth-order valence-corrected chi connectivity index (χ4v) is 1.59. The van der Waals surface area contributed by atoms with Crippen LogP contribution in [0.15, 0.2) is 18.2 Å². The van der Waals surface area contributed by atoms with Gasteiger partial charge in [0.2, 0.25) is 0 Å². The summed E-state index contributed by atoms with van der Waals surface area (Å²) in [5, 5.41) is 3.44. The summed E-state index contributed by atoms with van der Waals surface area (Å²) in [5.41, 5.74) is 2.39. The minimum atomic E-state index is 0.474. The van der Waals surface area contributed by atoms with Gasteiger partial charge in [0.05, 0.1) is 25.9 Å². The molecule has 0 aliphatic carbocycles. The zero-order valence-corrected chi connectivity index (χ0v) is 9.25. The molecule has 0 atom stereocenters. The van der Waals surface area contributed by atoms with Crippen molar-refractivity contribution < 1.29 is 9.47 Å². The first-order chi connectivity index (χ1) is 7.29. The summed E-state index contributed by atoms with van der Waals surface area (Å²) in [7, 11) is 0. The maximum atomic E-state index is 5.43. The van der Waals surface area contributed by atoms with Crippen LogP contribution in [0.3, 0.4) is 0 Å². The molecule has 3 nitrogen and oxygen atoms in total. The van der Waals surface area contributed by atoms with E-state index >= 15 is 0 Å². The van der Waals surface area contributed by atoms with Crippen LogP contribution < -0.4 is 10.1 Å². The summed E-state index contributed by atoms with van der Waals surface area (Å²) in [6.07, 6.45) is 0. The molecular formula is C12H17NO2. The second-order valence-corrected chi connectivity index (χ2v) is 3.79. The number of rotatable bonds is 4. The van der Waals surface area contributed by atoms with Gasteiger partial charge in [0.25, 0.3) is 0 Å². The quantitative estimate of drug-likeness (QED) is 0.821. The molecule has 0 radical (unpaired) electrons. The van der Waals surface area contributed by atoms with E-state index in [0.29, 0.717) is 12.6 Å². The molecule has 15 heavy (non-hydrogen) atoms. The van der Waals surface area contributed by atoms with Crippen molar-refractivity contribution in [1.82, 2.24) is 0 Å². The third kappa shape index (κ3) is 2.42. The summed E-state index contributed by atoms with van der Waals surface area (Å²) in [6.45, 7) is 6.42. The standard InChI is InChI=1S/C12H17NO2/c1-3-15-11-4-5-12(9(2)6-11)13-10-7-14-8-10/h4-6,10,13H,3,7-8H2,1-2H3. The van der Waals surface area contributed by atoms with Gasteiger partial charge >= 0.3 is 0 Å². The van der Waals surface area contributed by atoms with Gasteiger partial charge < -0.3 is 14.8 Å². The zero-order chi connectivity index (χ0) is 10.7. The molecule has 0 aromatic heterocycles. The molecule has 0 bridgehead atoms. The Bertz CT molecular complexity index is 334. The van der Waals surface area contributed by atoms with E-state index in [0.717, 1.165) is 19.0 Å². The van der Waals surface area contributed by atoms with E-state index in [1.807, 2.05) is 13.0 Å². The first kappa shape index (κ1) is 10.3. The van der Waals surface area contributed by atoms with E-state index in [-0.39, 0.29) is 0 Å². The number of hydrogen-bond donors (Lipinski definition) is 1. The normalized spacial score (nSPS) is 15.9. The minimum Gasteiger partial charge on any atom is -0.494 e. The van der Waals surface area contributed by atoms with Crippen LogP contribution in [0.5, 0.6) is 5.75 Å². The topological polar surface area (TPSA) is 30.5 Å². The van der Waals surface area contributed by atoms with E-state index in [4.69, 9.17) is 9.47 Å². The van der Waals surface area contributed by atoms with Gasteiger partial charge in [-0.2, -0.15) is 0 Å². The highest BCUT2D eigenvalue weighted by Crippen LogP contribution is 2.23. The number of aryl methyl sites for hydroxylation is 1. The van der Waals surface area contributed by atoms with Crippen molar-refractivity contribution in [3.05, 3.63) is 23.8 Å². The van der Waals surface area contributed by atoms with Gasteiger partial charge in [-0.05, 0) is 37.6 Å². The lowest BCUT2D eigenvalue weighted by molar-refractivity contribution is 0.0211. The first-order valence-corrected chi connectivity index (χ1v) is 5.37. The van der Waals surface area contributed by atoms with Crippen molar-refractivity contribution in [2.75, 3.05) is 25.1 Å². The van der Waals surface area contributed by atoms with Crippen molar-refractivity contribution in [2.45, 2.75) is 19.9 Å². The molecular weight excluding hydrogens is 190 g/mol. The van der Waals surface area contributed by atoms with Crippen molar-refractivity contribution in [3.8, 4) is 5.75 Å². The van der Waals surface area contributed by atoms with Crippen LogP contribution in [0, 0.1) is 6.92 Å². The van der Waals surface area contributed by atoms with Gasteiger partial charge in [0, 0.05) is 5.69 Å². The molecule has 1 heterocycles. The second kappa shape index (κ2) is 4.53. The maximum Gasteiger partial charge on any atom is 0.119 e. The molecule has 0 saturated carbocycles. The highest BCUT2D eigenvalue weighted by molar-refractivity contribution is 5.54. The molecule has 1 aliphatic rings.